The molecule has 0 aromatic carbocycles. The van der Waals surface area contributed by atoms with Crippen LogP contribution < -0.4 is 5.32 Å². The van der Waals surface area contributed by atoms with Crippen LogP contribution in [0.4, 0.5) is 0 Å². The number of nitrogens with zero attached hydrogens (tertiary/aromatic N) is 1. The van der Waals surface area contributed by atoms with Gasteiger partial charge in [-0.05, 0) is 38.5 Å². The van der Waals surface area contributed by atoms with Gasteiger partial charge in [0.15, 0.2) is 0 Å². The number of likely N-dealkylation sites (tertiary alicyclic amines) is 1. The van der Waals surface area contributed by atoms with E-state index < -0.39 is 0 Å². The van der Waals surface area contributed by atoms with E-state index in [0.717, 1.165) is 52.1 Å². The summed E-state index contributed by atoms with van der Waals surface area (Å²) >= 11 is 0. The molecule has 4 heteroatoms. The molecule has 2 fully saturated rings. The van der Waals surface area contributed by atoms with Crippen LogP contribution in [0.25, 0.3) is 0 Å². The summed E-state index contributed by atoms with van der Waals surface area (Å²) in [5.41, 5.74) is 0. The zero-order chi connectivity index (χ0) is 12.1. The standard InChI is InChI=1S/C13H24N2O2/c1-11(14-9-12-5-8-17-10-12)13(16)15-6-3-2-4-7-15/h11-12,14H,2-10H2,1H3. The number of amides is 1. The highest BCUT2D eigenvalue weighted by molar-refractivity contribution is 5.81. The molecule has 2 heterocycles. The molecule has 1 N–H and O–H groups in total. The second-order valence-corrected chi connectivity index (χ2v) is 5.25. The van der Waals surface area contributed by atoms with Gasteiger partial charge in [-0.1, -0.05) is 0 Å². The average molecular weight is 240 g/mol. The van der Waals surface area contributed by atoms with Crippen molar-refractivity contribution < 1.29 is 9.53 Å². The van der Waals surface area contributed by atoms with Gasteiger partial charge < -0.3 is 15.0 Å². The van der Waals surface area contributed by atoms with Crippen LogP contribution in [0.2, 0.25) is 0 Å². The van der Waals surface area contributed by atoms with E-state index in [0.29, 0.717) is 5.92 Å². The largest absolute Gasteiger partial charge is 0.381 e. The average Bonchev–Trinajstić information content (AvgIpc) is 2.89. The first-order valence-corrected chi connectivity index (χ1v) is 6.87. The molecule has 2 rings (SSSR count). The minimum Gasteiger partial charge on any atom is -0.381 e. The molecular weight excluding hydrogens is 216 g/mol. The van der Waals surface area contributed by atoms with Gasteiger partial charge in [0.2, 0.25) is 5.91 Å². The second-order valence-electron chi connectivity index (χ2n) is 5.25. The van der Waals surface area contributed by atoms with Crippen LogP contribution in [0, 0.1) is 5.92 Å². The normalized spacial score (nSPS) is 27.1. The maximum atomic E-state index is 12.1. The van der Waals surface area contributed by atoms with Crippen molar-refractivity contribution in [2.75, 3.05) is 32.8 Å². The number of hydrogen-bond acceptors (Lipinski definition) is 3. The number of ether oxygens (including phenoxy) is 1. The molecule has 1 amide bonds. The Morgan fingerprint density at radius 3 is 2.82 bits per heavy atom. The molecule has 0 bridgehead atoms. The molecule has 0 radical (unpaired) electrons. The quantitative estimate of drug-likeness (QED) is 0.797. The van der Waals surface area contributed by atoms with Crippen molar-refractivity contribution in [3.8, 4) is 0 Å². The number of nitrogens with one attached hydrogen (secondary N) is 1. The molecule has 4 nitrogen and oxygen atoms in total. The minimum absolute atomic E-state index is 0.0475. The Morgan fingerprint density at radius 1 is 1.41 bits per heavy atom. The van der Waals surface area contributed by atoms with E-state index in [9.17, 15) is 4.79 Å². The van der Waals surface area contributed by atoms with Crippen molar-refractivity contribution in [3.05, 3.63) is 0 Å². The van der Waals surface area contributed by atoms with Gasteiger partial charge in [-0.3, -0.25) is 4.79 Å². The lowest BCUT2D eigenvalue weighted by Gasteiger charge is -2.29. The maximum Gasteiger partial charge on any atom is 0.239 e. The van der Waals surface area contributed by atoms with Gasteiger partial charge in [0.25, 0.3) is 0 Å². The van der Waals surface area contributed by atoms with Crippen LogP contribution in [0.3, 0.4) is 0 Å². The van der Waals surface area contributed by atoms with Crippen molar-refractivity contribution in [1.29, 1.82) is 0 Å². The molecule has 17 heavy (non-hydrogen) atoms. The van der Waals surface area contributed by atoms with Gasteiger partial charge in [-0.25, -0.2) is 0 Å². The van der Waals surface area contributed by atoms with Gasteiger partial charge in [-0.15, -0.1) is 0 Å². The monoisotopic (exact) mass is 240 g/mol. The number of carbonyl (C=O) groups excluding carboxylic acids is 1. The summed E-state index contributed by atoms with van der Waals surface area (Å²) in [6, 6.07) is -0.0475. The van der Waals surface area contributed by atoms with E-state index >= 15 is 0 Å². The number of rotatable bonds is 4. The molecule has 0 saturated carbocycles. The van der Waals surface area contributed by atoms with E-state index in [-0.39, 0.29) is 11.9 Å². The van der Waals surface area contributed by atoms with Crippen LogP contribution in [0.15, 0.2) is 0 Å². The van der Waals surface area contributed by atoms with E-state index in [2.05, 4.69) is 5.32 Å². The second kappa shape index (κ2) is 6.36. The first-order chi connectivity index (χ1) is 8.27. The predicted molar refractivity (Wildman–Crippen MR) is 66.8 cm³/mol. The summed E-state index contributed by atoms with van der Waals surface area (Å²) in [6.07, 6.45) is 4.71. The van der Waals surface area contributed by atoms with Gasteiger partial charge >= 0.3 is 0 Å². The van der Waals surface area contributed by atoms with Crippen LogP contribution in [-0.4, -0.2) is 49.7 Å². The van der Waals surface area contributed by atoms with Gasteiger partial charge in [0, 0.05) is 26.2 Å². The van der Waals surface area contributed by atoms with E-state index in [1.54, 1.807) is 0 Å². The van der Waals surface area contributed by atoms with E-state index in [1.165, 1.54) is 6.42 Å². The van der Waals surface area contributed by atoms with Crippen molar-refractivity contribution >= 4 is 5.91 Å². The third kappa shape index (κ3) is 3.68. The first-order valence-electron chi connectivity index (χ1n) is 6.87. The van der Waals surface area contributed by atoms with Crippen molar-refractivity contribution in [2.24, 2.45) is 5.92 Å². The number of piperidine rings is 1. The van der Waals surface area contributed by atoms with Crippen LogP contribution in [0.1, 0.15) is 32.6 Å². The van der Waals surface area contributed by atoms with Crippen LogP contribution in [-0.2, 0) is 9.53 Å². The molecule has 2 unspecified atom stereocenters. The lowest BCUT2D eigenvalue weighted by atomic mass is 10.1. The fourth-order valence-corrected chi connectivity index (χ4v) is 2.56. The summed E-state index contributed by atoms with van der Waals surface area (Å²) in [5, 5.41) is 3.35. The molecule has 0 aromatic rings. The molecule has 2 aliphatic heterocycles. The smallest absolute Gasteiger partial charge is 0.239 e. The van der Waals surface area contributed by atoms with E-state index in [1.807, 2.05) is 11.8 Å². The Kier molecular flexibility index (Phi) is 4.80. The fraction of sp³-hybridized carbons (Fsp3) is 0.923. The number of hydrogen-bond donors (Lipinski definition) is 1. The Balaban J connectivity index is 1.70. The lowest BCUT2D eigenvalue weighted by molar-refractivity contribution is -0.133. The maximum absolute atomic E-state index is 12.1. The highest BCUT2D eigenvalue weighted by atomic mass is 16.5. The Bertz CT molecular complexity index is 246. The van der Waals surface area contributed by atoms with Crippen molar-refractivity contribution in [2.45, 2.75) is 38.6 Å². The zero-order valence-electron chi connectivity index (χ0n) is 10.8. The predicted octanol–water partition coefficient (Wildman–Crippen LogP) is 1.01. The summed E-state index contributed by atoms with van der Waals surface area (Å²) < 4.78 is 5.33. The van der Waals surface area contributed by atoms with Crippen molar-refractivity contribution in [3.63, 3.8) is 0 Å². The summed E-state index contributed by atoms with van der Waals surface area (Å²) in [6.45, 7) is 6.49. The Hall–Kier alpha value is -0.610. The van der Waals surface area contributed by atoms with Crippen LogP contribution in [0.5, 0.6) is 0 Å². The SMILES string of the molecule is CC(NCC1CCOC1)C(=O)N1CCCCC1. The number of carbonyl (C=O) groups is 1. The van der Waals surface area contributed by atoms with Crippen LogP contribution >= 0.6 is 0 Å². The summed E-state index contributed by atoms with van der Waals surface area (Å²) in [7, 11) is 0. The highest BCUT2D eigenvalue weighted by Crippen LogP contribution is 2.12. The van der Waals surface area contributed by atoms with Gasteiger partial charge in [-0.2, -0.15) is 0 Å². The third-order valence-corrected chi connectivity index (χ3v) is 3.77. The fourth-order valence-electron chi connectivity index (χ4n) is 2.56. The minimum atomic E-state index is -0.0475. The van der Waals surface area contributed by atoms with Gasteiger partial charge in [0.1, 0.15) is 0 Å². The zero-order valence-corrected chi connectivity index (χ0v) is 10.8. The Labute approximate surface area is 104 Å². The topological polar surface area (TPSA) is 41.6 Å². The molecule has 0 spiro atoms. The van der Waals surface area contributed by atoms with E-state index in [4.69, 9.17) is 4.74 Å². The van der Waals surface area contributed by atoms with Gasteiger partial charge in [0.05, 0.1) is 12.6 Å². The molecule has 2 saturated heterocycles. The third-order valence-electron chi connectivity index (χ3n) is 3.77. The summed E-state index contributed by atoms with van der Waals surface area (Å²) in [5.74, 6) is 0.857. The molecule has 2 aliphatic rings. The van der Waals surface area contributed by atoms with Crippen molar-refractivity contribution in [1.82, 2.24) is 10.2 Å². The summed E-state index contributed by atoms with van der Waals surface area (Å²) in [4.78, 5) is 14.1. The Morgan fingerprint density at radius 2 is 2.18 bits per heavy atom. The molecular formula is C13H24N2O2. The highest BCUT2D eigenvalue weighted by Gasteiger charge is 2.23. The molecule has 0 aliphatic carbocycles. The molecule has 98 valence electrons. The lowest BCUT2D eigenvalue weighted by Crippen LogP contribution is -2.47. The molecule has 0 aromatic heterocycles. The first kappa shape index (κ1) is 12.8. The molecule has 2 atom stereocenters.